The van der Waals surface area contributed by atoms with Gasteiger partial charge in [0.15, 0.2) is 18.1 Å². The third-order valence-corrected chi connectivity index (χ3v) is 7.70. The van der Waals surface area contributed by atoms with Gasteiger partial charge in [0, 0.05) is 15.8 Å². The van der Waals surface area contributed by atoms with Gasteiger partial charge in [-0.2, -0.15) is 0 Å². The van der Waals surface area contributed by atoms with E-state index in [2.05, 4.69) is 26.6 Å². The minimum atomic E-state index is -0.595. The number of amides is 4. The van der Waals surface area contributed by atoms with E-state index in [1.807, 2.05) is 26.0 Å². The van der Waals surface area contributed by atoms with E-state index in [4.69, 9.17) is 9.47 Å². The summed E-state index contributed by atoms with van der Waals surface area (Å²) in [6.45, 7) is 5.19. The number of benzene rings is 3. The molecule has 0 bridgehead atoms. The molecule has 0 unspecified atom stereocenters. The lowest BCUT2D eigenvalue weighted by Gasteiger charge is -2.14. The summed E-state index contributed by atoms with van der Waals surface area (Å²) in [6.07, 6.45) is 1.52. The Morgan fingerprint density at radius 1 is 0.929 bits per heavy atom. The van der Waals surface area contributed by atoms with Crippen LogP contribution in [0.3, 0.4) is 0 Å². The van der Waals surface area contributed by atoms with Gasteiger partial charge in [-0.3, -0.25) is 24.1 Å². The number of imide groups is 1. The van der Waals surface area contributed by atoms with E-state index in [1.54, 1.807) is 25.1 Å². The lowest BCUT2D eigenvalue weighted by Crippen LogP contribution is -2.36. The third kappa shape index (κ3) is 7.77. The first-order valence-electron chi connectivity index (χ1n) is 12.8. The maximum absolute atomic E-state index is 13.1. The van der Waals surface area contributed by atoms with Crippen LogP contribution in [0.5, 0.6) is 11.5 Å². The number of rotatable bonds is 10. The molecular formula is C30H27BrFN3O6S. The van der Waals surface area contributed by atoms with Crippen LogP contribution >= 0.6 is 27.7 Å². The van der Waals surface area contributed by atoms with Crippen LogP contribution in [0.2, 0.25) is 0 Å². The number of aryl methyl sites for hydroxylation is 2. The lowest BCUT2D eigenvalue weighted by molar-refractivity contribution is -0.127. The van der Waals surface area contributed by atoms with E-state index >= 15 is 0 Å². The van der Waals surface area contributed by atoms with Gasteiger partial charge in [0.1, 0.15) is 12.4 Å². The fraction of sp³-hybridized carbons (Fsp3) is 0.200. The number of carbonyl (C=O) groups is 4. The van der Waals surface area contributed by atoms with E-state index in [0.29, 0.717) is 33.8 Å². The molecule has 0 spiro atoms. The van der Waals surface area contributed by atoms with E-state index in [1.165, 1.54) is 30.3 Å². The average Bonchev–Trinajstić information content (AvgIpc) is 3.20. The van der Waals surface area contributed by atoms with Crippen molar-refractivity contribution in [2.45, 2.75) is 20.8 Å². The number of carbonyl (C=O) groups excluding carboxylic acids is 4. The van der Waals surface area contributed by atoms with E-state index in [9.17, 15) is 23.6 Å². The summed E-state index contributed by atoms with van der Waals surface area (Å²) in [7, 11) is 0. The van der Waals surface area contributed by atoms with E-state index < -0.39 is 35.3 Å². The normalized spacial score (nSPS) is 13.8. The van der Waals surface area contributed by atoms with Crippen molar-refractivity contribution >= 4 is 68.1 Å². The highest BCUT2D eigenvalue weighted by molar-refractivity contribution is 9.10. The van der Waals surface area contributed by atoms with Gasteiger partial charge in [-0.25, -0.2) is 4.39 Å². The van der Waals surface area contributed by atoms with Crippen molar-refractivity contribution in [1.29, 1.82) is 0 Å². The summed E-state index contributed by atoms with van der Waals surface area (Å²) in [6, 6.07) is 14.0. The quantitative estimate of drug-likeness (QED) is 0.247. The fourth-order valence-electron chi connectivity index (χ4n) is 3.86. The molecule has 42 heavy (non-hydrogen) atoms. The second-order valence-corrected chi connectivity index (χ2v) is 11.1. The number of hydrogen-bond donors (Lipinski definition) is 2. The first kappa shape index (κ1) is 30.8. The highest BCUT2D eigenvalue weighted by Gasteiger charge is 2.36. The van der Waals surface area contributed by atoms with Gasteiger partial charge in [-0.1, -0.05) is 22.0 Å². The smallest absolute Gasteiger partial charge is 0.294 e. The zero-order valence-corrected chi connectivity index (χ0v) is 25.4. The number of nitrogens with zero attached hydrogens (tertiary/aromatic N) is 1. The standard InChI is InChI=1S/C30H27BrFN3O6S/c1-4-40-24-12-19(23(31)14-25(24)41-16-28(37)33-21-9-6-20(32)7-10-21)13-26-29(38)35(30(39)42-26)15-27(36)34-22-8-5-17(2)18(3)11-22/h5-14H,4,15-16H2,1-3H3,(H,33,37)(H,34,36)/b26-13+. The molecule has 0 saturated carbocycles. The zero-order chi connectivity index (χ0) is 30.4. The van der Waals surface area contributed by atoms with Crippen molar-refractivity contribution in [2.24, 2.45) is 0 Å². The SMILES string of the molecule is CCOc1cc(/C=C2/SC(=O)N(CC(=O)Nc3ccc(C)c(C)c3)C2=O)c(Br)cc1OCC(=O)Nc1ccc(F)cc1. The number of anilines is 2. The minimum absolute atomic E-state index is 0.134. The Morgan fingerprint density at radius 2 is 1.60 bits per heavy atom. The monoisotopic (exact) mass is 655 g/mol. The first-order chi connectivity index (χ1) is 20.0. The van der Waals surface area contributed by atoms with Crippen molar-refractivity contribution < 1.29 is 33.0 Å². The van der Waals surface area contributed by atoms with Gasteiger partial charge in [0.25, 0.3) is 17.1 Å². The fourth-order valence-corrected chi connectivity index (χ4v) is 5.12. The summed E-state index contributed by atoms with van der Waals surface area (Å²) < 4.78 is 25.0. The minimum Gasteiger partial charge on any atom is -0.490 e. The van der Waals surface area contributed by atoms with Gasteiger partial charge in [-0.05, 0) is 104 Å². The van der Waals surface area contributed by atoms with Crippen molar-refractivity contribution in [3.05, 3.63) is 86.5 Å². The molecule has 9 nitrogen and oxygen atoms in total. The zero-order valence-electron chi connectivity index (χ0n) is 23.0. The topological polar surface area (TPSA) is 114 Å². The second kappa shape index (κ2) is 13.7. The molecule has 1 saturated heterocycles. The van der Waals surface area contributed by atoms with Crippen LogP contribution in [0, 0.1) is 19.7 Å². The molecule has 1 aliphatic rings. The van der Waals surface area contributed by atoms with Crippen LogP contribution in [-0.2, 0) is 14.4 Å². The molecule has 1 heterocycles. The molecule has 3 aromatic carbocycles. The predicted molar refractivity (Wildman–Crippen MR) is 163 cm³/mol. The van der Waals surface area contributed by atoms with Gasteiger partial charge in [0.05, 0.1) is 11.5 Å². The Kier molecular flexibility index (Phi) is 10.0. The number of thioether (sulfide) groups is 1. The summed E-state index contributed by atoms with van der Waals surface area (Å²) in [5.74, 6) is -1.38. The van der Waals surface area contributed by atoms with Crippen LogP contribution < -0.4 is 20.1 Å². The molecule has 0 aromatic heterocycles. The Morgan fingerprint density at radius 3 is 2.29 bits per heavy atom. The summed E-state index contributed by atoms with van der Waals surface area (Å²) in [5, 5.41) is 4.77. The second-order valence-electron chi connectivity index (χ2n) is 9.21. The van der Waals surface area contributed by atoms with Gasteiger partial charge < -0.3 is 20.1 Å². The summed E-state index contributed by atoms with van der Waals surface area (Å²) in [4.78, 5) is 51.6. The molecule has 218 valence electrons. The van der Waals surface area contributed by atoms with Crippen molar-refractivity contribution in [1.82, 2.24) is 4.90 Å². The van der Waals surface area contributed by atoms with Crippen LogP contribution in [0.25, 0.3) is 6.08 Å². The van der Waals surface area contributed by atoms with Crippen LogP contribution in [0.15, 0.2) is 64.0 Å². The molecule has 4 amide bonds. The van der Waals surface area contributed by atoms with Crippen molar-refractivity contribution in [3.8, 4) is 11.5 Å². The van der Waals surface area contributed by atoms with Crippen LogP contribution in [-0.4, -0.2) is 47.6 Å². The average molecular weight is 657 g/mol. The van der Waals surface area contributed by atoms with Gasteiger partial charge >= 0.3 is 0 Å². The molecule has 0 atom stereocenters. The van der Waals surface area contributed by atoms with E-state index in [-0.39, 0.29) is 17.3 Å². The van der Waals surface area contributed by atoms with Crippen molar-refractivity contribution in [3.63, 3.8) is 0 Å². The Labute approximate surface area is 254 Å². The highest BCUT2D eigenvalue weighted by Crippen LogP contribution is 2.38. The van der Waals surface area contributed by atoms with Crippen molar-refractivity contribution in [2.75, 3.05) is 30.4 Å². The van der Waals surface area contributed by atoms with Crippen LogP contribution in [0.1, 0.15) is 23.6 Å². The van der Waals surface area contributed by atoms with Crippen LogP contribution in [0.4, 0.5) is 20.6 Å². The van der Waals surface area contributed by atoms with E-state index in [0.717, 1.165) is 27.8 Å². The predicted octanol–water partition coefficient (Wildman–Crippen LogP) is 6.30. The van der Waals surface area contributed by atoms with Gasteiger partial charge in [-0.15, -0.1) is 0 Å². The Hall–Kier alpha value is -4.16. The molecule has 12 heteroatoms. The molecule has 1 aliphatic heterocycles. The highest BCUT2D eigenvalue weighted by atomic mass is 79.9. The van der Waals surface area contributed by atoms with Gasteiger partial charge in [0.2, 0.25) is 5.91 Å². The molecule has 3 aromatic rings. The molecular weight excluding hydrogens is 629 g/mol. The molecule has 1 fully saturated rings. The Bertz CT molecular complexity index is 1580. The lowest BCUT2D eigenvalue weighted by atomic mass is 10.1. The molecule has 0 radical (unpaired) electrons. The summed E-state index contributed by atoms with van der Waals surface area (Å²) >= 11 is 4.17. The summed E-state index contributed by atoms with van der Waals surface area (Å²) in [5.41, 5.74) is 3.60. The Balaban J connectivity index is 1.44. The first-order valence-corrected chi connectivity index (χ1v) is 14.4. The largest absolute Gasteiger partial charge is 0.490 e. The number of halogens is 2. The maximum atomic E-state index is 13.1. The third-order valence-electron chi connectivity index (χ3n) is 6.10. The molecule has 4 rings (SSSR count). The maximum Gasteiger partial charge on any atom is 0.294 e. The molecule has 0 aliphatic carbocycles. The number of ether oxygens (including phenoxy) is 2. The number of nitrogens with one attached hydrogen (secondary N) is 2. The molecule has 2 N–H and O–H groups in total. The number of hydrogen-bond acceptors (Lipinski definition) is 7.